The predicted octanol–water partition coefficient (Wildman–Crippen LogP) is 1.38. The molecule has 1 saturated heterocycles. The molecule has 1 aromatic rings. The number of amides is 1. The zero-order chi connectivity index (χ0) is 15.3. The molecule has 0 unspecified atom stereocenters. The van der Waals surface area contributed by atoms with Crippen LogP contribution in [0.5, 0.6) is 5.75 Å². The summed E-state index contributed by atoms with van der Waals surface area (Å²) in [7, 11) is 1.65. The molecule has 1 heterocycles. The Morgan fingerprint density at radius 2 is 2.14 bits per heavy atom. The fourth-order valence-electron chi connectivity index (χ4n) is 2.63. The van der Waals surface area contributed by atoms with E-state index in [-0.39, 0.29) is 5.91 Å². The van der Waals surface area contributed by atoms with Crippen LogP contribution >= 0.6 is 0 Å². The van der Waals surface area contributed by atoms with Crippen LogP contribution in [0, 0.1) is 12.3 Å². The Labute approximate surface area is 125 Å². The minimum absolute atomic E-state index is 0.0211. The molecule has 3 N–H and O–H groups in total. The monoisotopic (exact) mass is 292 g/mol. The summed E-state index contributed by atoms with van der Waals surface area (Å²) in [6, 6.07) is 5.94. The first-order valence-corrected chi connectivity index (χ1v) is 7.31. The van der Waals surface area contributed by atoms with E-state index in [0.29, 0.717) is 39.1 Å². The molecule has 0 spiro atoms. The minimum Gasteiger partial charge on any atom is -0.496 e. The molecule has 2 rings (SSSR count). The third kappa shape index (κ3) is 3.54. The molecule has 5 nitrogen and oxygen atoms in total. The number of carbonyl (C=O) groups excluding carboxylic acids is 1. The molecular formula is C16H24N2O3. The van der Waals surface area contributed by atoms with E-state index < -0.39 is 5.41 Å². The Balaban J connectivity index is 2.00. The summed E-state index contributed by atoms with van der Waals surface area (Å²) >= 11 is 0. The lowest BCUT2D eigenvalue weighted by Gasteiger charge is -2.34. The Morgan fingerprint density at radius 1 is 1.43 bits per heavy atom. The minimum atomic E-state index is -0.479. The third-order valence-corrected chi connectivity index (χ3v) is 4.25. The number of benzene rings is 1. The second kappa shape index (κ2) is 6.91. The van der Waals surface area contributed by atoms with E-state index in [9.17, 15) is 4.79 Å². The van der Waals surface area contributed by atoms with Gasteiger partial charge < -0.3 is 20.5 Å². The van der Waals surface area contributed by atoms with Crippen LogP contribution in [0.1, 0.15) is 24.0 Å². The number of nitrogens with two attached hydrogens (primary N) is 1. The summed E-state index contributed by atoms with van der Waals surface area (Å²) in [6.45, 7) is 4.04. The van der Waals surface area contributed by atoms with Gasteiger partial charge in [0.05, 0.1) is 12.5 Å². The van der Waals surface area contributed by atoms with Crippen LogP contribution in [-0.4, -0.2) is 32.8 Å². The Morgan fingerprint density at radius 3 is 2.76 bits per heavy atom. The number of hydrogen-bond acceptors (Lipinski definition) is 4. The Hall–Kier alpha value is -1.59. The van der Waals surface area contributed by atoms with E-state index >= 15 is 0 Å². The van der Waals surface area contributed by atoms with Gasteiger partial charge in [-0.05, 0) is 37.0 Å². The summed E-state index contributed by atoms with van der Waals surface area (Å²) in [5.74, 6) is 0.856. The van der Waals surface area contributed by atoms with Crippen molar-refractivity contribution in [1.29, 1.82) is 0 Å². The Kier molecular flexibility index (Phi) is 5.20. The van der Waals surface area contributed by atoms with Crippen LogP contribution in [0.4, 0.5) is 0 Å². The van der Waals surface area contributed by atoms with Crippen LogP contribution in [0.2, 0.25) is 0 Å². The maximum absolute atomic E-state index is 12.5. The van der Waals surface area contributed by atoms with E-state index in [0.717, 1.165) is 16.9 Å². The molecule has 0 aromatic heterocycles. The summed E-state index contributed by atoms with van der Waals surface area (Å²) in [4.78, 5) is 12.5. The van der Waals surface area contributed by atoms with Crippen LogP contribution < -0.4 is 15.8 Å². The molecule has 1 aliphatic rings. The molecule has 5 heteroatoms. The van der Waals surface area contributed by atoms with Crippen LogP contribution in [0.25, 0.3) is 0 Å². The first-order valence-electron chi connectivity index (χ1n) is 7.31. The average Bonchev–Trinajstić information content (AvgIpc) is 2.54. The third-order valence-electron chi connectivity index (χ3n) is 4.25. The quantitative estimate of drug-likeness (QED) is 0.860. The van der Waals surface area contributed by atoms with Crippen molar-refractivity contribution in [2.75, 3.05) is 26.9 Å². The highest BCUT2D eigenvalue weighted by molar-refractivity contribution is 5.83. The van der Waals surface area contributed by atoms with E-state index in [1.165, 1.54) is 0 Å². The number of methoxy groups -OCH3 is 1. The SMILES string of the molecule is COc1cc(CNC(=O)C2(CN)CCOCC2)ccc1C. The highest BCUT2D eigenvalue weighted by Crippen LogP contribution is 2.29. The van der Waals surface area contributed by atoms with Crippen molar-refractivity contribution in [3.8, 4) is 5.75 Å². The summed E-state index contributed by atoms with van der Waals surface area (Å²) < 4.78 is 10.6. The smallest absolute Gasteiger partial charge is 0.227 e. The molecule has 1 amide bonds. The molecule has 0 saturated carbocycles. The second-order valence-electron chi connectivity index (χ2n) is 5.58. The van der Waals surface area contributed by atoms with Crippen molar-refractivity contribution in [2.24, 2.45) is 11.1 Å². The van der Waals surface area contributed by atoms with Crippen LogP contribution in [-0.2, 0) is 16.1 Å². The van der Waals surface area contributed by atoms with Crippen molar-refractivity contribution in [2.45, 2.75) is 26.3 Å². The number of rotatable bonds is 5. The first-order chi connectivity index (χ1) is 10.1. The highest BCUT2D eigenvalue weighted by atomic mass is 16.5. The standard InChI is InChI=1S/C16H24N2O3/c1-12-3-4-13(9-14(12)20-2)10-18-15(19)16(11-17)5-7-21-8-6-16/h3-4,9H,5-8,10-11,17H2,1-2H3,(H,18,19). The largest absolute Gasteiger partial charge is 0.496 e. The van der Waals surface area contributed by atoms with Gasteiger partial charge in [-0.3, -0.25) is 4.79 Å². The lowest BCUT2D eigenvalue weighted by atomic mass is 9.79. The van der Waals surface area contributed by atoms with Gasteiger partial charge in [0.25, 0.3) is 0 Å². The van der Waals surface area contributed by atoms with Crippen molar-refractivity contribution in [1.82, 2.24) is 5.32 Å². The number of nitrogens with one attached hydrogen (secondary N) is 1. The maximum atomic E-state index is 12.5. The van der Waals surface area contributed by atoms with E-state index in [4.69, 9.17) is 15.2 Å². The van der Waals surface area contributed by atoms with Crippen molar-refractivity contribution in [3.05, 3.63) is 29.3 Å². The van der Waals surface area contributed by atoms with Gasteiger partial charge in [0.1, 0.15) is 5.75 Å². The van der Waals surface area contributed by atoms with Crippen LogP contribution in [0.3, 0.4) is 0 Å². The van der Waals surface area contributed by atoms with Crippen molar-refractivity contribution < 1.29 is 14.3 Å². The van der Waals surface area contributed by atoms with Gasteiger partial charge in [-0.25, -0.2) is 0 Å². The molecule has 1 aromatic carbocycles. The molecule has 0 bridgehead atoms. The second-order valence-corrected chi connectivity index (χ2v) is 5.58. The normalized spacial score (nSPS) is 17.3. The first kappa shape index (κ1) is 15.8. The summed E-state index contributed by atoms with van der Waals surface area (Å²) in [5, 5.41) is 3.00. The highest BCUT2D eigenvalue weighted by Gasteiger charge is 2.38. The van der Waals surface area contributed by atoms with E-state index in [2.05, 4.69) is 5.32 Å². The zero-order valence-electron chi connectivity index (χ0n) is 12.8. The number of hydrogen-bond donors (Lipinski definition) is 2. The number of aryl methyl sites for hydroxylation is 1. The lowest BCUT2D eigenvalue weighted by Crippen LogP contribution is -2.48. The summed E-state index contributed by atoms with van der Waals surface area (Å²) in [6.07, 6.45) is 1.37. The predicted molar refractivity (Wildman–Crippen MR) is 81.1 cm³/mol. The van der Waals surface area contributed by atoms with Gasteiger partial charge in [-0.2, -0.15) is 0 Å². The number of ether oxygens (including phenoxy) is 2. The van der Waals surface area contributed by atoms with Gasteiger partial charge in [0.15, 0.2) is 0 Å². The lowest BCUT2D eigenvalue weighted by molar-refractivity contribution is -0.136. The molecule has 0 radical (unpaired) electrons. The van der Waals surface area contributed by atoms with Gasteiger partial charge in [-0.1, -0.05) is 12.1 Å². The molecule has 0 atom stereocenters. The van der Waals surface area contributed by atoms with Gasteiger partial charge in [-0.15, -0.1) is 0 Å². The van der Waals surface area contributed by atoms with E-state index in [1.54, 1.807) is 7.11 Å². The van der Waals surface area contributed by atoms with Crippen molar-refractivity contribution >= 4 is 5.91 Å². The fraction of sp³-hybridized carbons (Fsp3) is 0.562. The molecule has 1 fully saturated rings. The molecule has 0 aliphatic carbocycles. The van der Waals surface area contributed by atoms with Crippen LogP contribution in [0.15, 0.2) is 18.2 Å². The maximum Gasteiger partial charge on any atom is 0.227 e. The van der Waals surface area contributed by atoms with Gasteiger partial charge in [0, 0.05) is 26.3 Å². The molecule has 1 aliphatic heterocycles. The van der Waals surface area contributed by atoms with E-state index in [1.807, 2.05) is 25.1 Å². The number of carbonyl (C=O) groups is 1. The fourth-order valence-corrected chi connectivity index (χ4v) is 2.63. The zero-order valence-corrected chi connectivity index (χ0v) is 12.8. The molecule has 21 heavy (non-hydrogen) atoms. The van der Waals surface area contributed by atoms with Gasteiger partial charge in [0.2, 0.25) is 5.91 Å². The average molecular weight is 292 g/mol. The molecular weight excluding hydrogens is 268 g/mol. The summed E-state index contributed by atoms with van der Waals surface area (Å²) in [5.41, 5.74) is 7.46. The molecule has 116 valence electrons. The Bertz CT molecular complexity index is 496. The topological polar surface area (TPSA) is 73.6 Å². The van der Waals surface area contributed by atoms with Gasteiger partial charge >= 0.3 is 0 Å². The van der Waals surface area contributed by atoms with Crippen molar-refractivity contribution in [3.63, 3.8) is 0 Å².